The predicted octanol–water partition coefficient (Wildman–Crippen LogP) is 2.61. The number of primary amides is 1. The van der Waals surface area contributed by atoms with Gasteiger partial charge in [-0.1, -0.05) is 12.5 Å². The number of halogens is 1. The molecule has 3 heterocycles. The lowest BCUT2D eigenvalue weighted by Crippen LogP contribution is -2.37. The monoisotopic (exact) mass is 519 g/mol. The van der Waals surface area contributed by atoms with Gasteiger partial charge in [0, 0.05) is 26.1 Å². The number of anilines is 1. The summed E-state index contributed by atoms with van der Waals surface area (Å²) < 4.78 is 23.8. The Kier molecular flexibility index (Phi) is 6.91. The van der Waals surface area contributed by atoms with Gasteiger partial charge >= 0.3 is 0 Å². The van der Waals surface area contributed by atoms with E-state index in [1.54, 1.807) is 36.0 Å². The number of nitrogens with two attached hydrogens (primary N) is 1. The maximum absolute atomic E-state index is 14.9. The number of carbonyl (C=O) groups is 2. The number of rotatable bonds is 7. The number of nitrogens with zero attached hydrogens (tertiary/aromatic N) is 5. The zero-order chi connectivity index (χ0) is 27.0. The molecule has 38 heavy (non-hydrogen) atoms. The fourth-order valence-corrected chi connectivity index (χ4v) is 5.33. The van der Waals surface area contributed by atoms with Crippen LogP contribution in [0.5, 0.6) is 0 Å². The fraction of sp³-hybridized carbons (Fsp3) is 0.407. The Morgan fingerprint density at radius 1 is 1.29 bits per heavy atom. The topological polar surface area (TPSA) is 120 Å². The summed E-state index contributed by atoms with van der Waals surface area (Å²) in [5.74, 6) is 4.75. The van der Waals surface area contributed by atoms with Crippen LogP contribution in [-0.4, -0.2) is 69.6 Å². The lowest BCUT2D eigenvalue weighted by molar-refractivity contribution is -0.127. The van der Waals surface area contributed by atoms with Gasteiger partial charge in [-0.05, 0) is 49.8 Å². The second-order valence-electron chi connectivity index (χ2n) is 9.60. The molecule has 1 aromatic carbocycles. The zero-order valence-corrected chi connectivity index (χ0v) is 21.4. The molecule has 11 heteroatoms. The molecule has 0 bridgehead atoms. The number of aromatic nitrogens is 4. The highest BCUT2D eigenvalue weighted by atomic mass is 19.1. The van der Waals surface area contributed by atoms with Crippen LogP contribution in [0.25, 0.3) is 10.9 Å². The summed E-state index contributed by atoms with van der Waals surface area (Å²) >= 11 is 0. The van der Waals surface area contributed by atoms with Crippen LogP contribution < -0.4 is 11.1 Å². The van der Waals surface area contributed by atoms with Crippen molar-refractivity contribution >= 4 is 28.5 Å². The third-order valence-corrected chi connectivity index (χ3v) is 7.40. The van der Waals surface area contributed by atoms with Crippen LogP contribution in [0.1, 0.15) is 59.4 Å². The van der Waals surface area contributed by atoms with Crippen molar-refractivity contribution in [3.8, 4) is 11.8 Å². The van der Waals surface area contributed by atoms with Crippen molar-refractivity contribution in [3.63, 3.8) is 0 Å². The van der Waals surface area contributed by atoms with Gasteiger partial charge in [-0.2, -0.15) is 10.2 Å². The van der Waals surface area contributed by atoms with Crippen molar-refractivity contribution in [1.29, 1.82) is 0 Å². The minimum atomic E-state index is -0.716. The molecule has 2 atom stereocenters. The van der Waals surface area contributed by atoms with Gasteiger partial charge < -0.3 is 20.7 Å². The van der Waals surface area contributed by atoms with E-state index < -0.39 is 11.7 Å². The van der Waals surface area contributed by atoms with Gasteiger partial charge in [0.1, 0.15) is 17.2 Å². The van der Waals surface area contributed by atoms with E-state index in [4.69, 9.17) is 10.5 Å². The Morgan fingerprint density at radius 2 is 2.08 bits per heavy atom. The first kappa shape index (κ1) is 25.5. The molecule has 1 saturated heterocycles. The molecule has 1 saturated carbocycles. The Labute approximate surface area is 219 Å². The summed E-state index contributed by atoms with van der Waals surface area (Å²) in [4.78, 5) is 26.6. The molecule has 3 N–H and O–H groups in total. The van der Waals surface area contributed by atoms with Gasteiger partial charge in [-0.15, -0.1) is 0 Å². The highest BCUT2D eigenvalue weighted by molar-refractivity contribution is 6.00. The highest BCUT2D eigenvalue weighted by Gasteiger charge is 2.38. The molecule has 198 valence electrons. The maximum atomic E-state index is 14.9. The summed E-state index contributed by atoms with van der Waals surface area (Å²) in [7, 11) is 3.23. The van der Waals surface area contributed by atoms with Gasteiger partial charge in [0.25, 0.3) is 5.91 Å². The van der Waals surface area contributed by atoms with E-state index in [1.807, 2.05) is 4.68 Å². The van der Waals surface area contributed by atoms with Gasteiger partial charge in [-0.25, -0.2) is 9.07 Å². The zero-order valence-electron chi connectivity index (χ0n) is 21.4. The number of fused-ring (bicyclic) bond motifs is 1. The van der Waals surface area contributed by atoms with Crippen molar-refractivity contribution in [2.24, 2.45) is 5.73 Å². The van der Waals surface area contributed by atoms with Crippen molar-refractivity contribution in [2.75, 3.05) is 32.6 Å². The second kappa shape index (κ2) is 10.3. The average Bonchev–Trinajstić information content (AvgIpc) is 3.57. The molecule has 5 rings (SSSR count). The number of ether oxygens (including phenoxy) is 1. The fourth-order valence-electron chi connectivity index (χ4n) is 5.33. The number of methoxy groups -OCH3 is 1. The summed E-state index contributed by atoms with van der Waals surface area (Å²) in [6, 6.07) is 2.97. The summed E-state index contributed by atoms with van der Waals surface area (Å²) in [6.07, 6.45) is 6.68. The Bertz CT molecular complexity index is 1480. The molecule has 2 fully saturated rings. The standard InChI is InChI=1S/C27H30FN7O3/c1-4-24(36)33-14-17(12-18(33)15-38-3)35-27(30-2)25(26(29)37)22(32-35)10-8-19-20-13-31-34(16-6-5-7-16)23(20)11-9-21(19)28/h4,9,11,13,16-18,30H,1,5-7,12,14-15H2,2-3H3,(H2,29,37)/t17-,18+/m0/s1. The quantitative estimate of drug-likeness (QED) is 0.366. The number of hydrogen-bond donors (Lipinski definition) is 2. The molecule has 2 aliphatic rings. The van der Waals surface area contributed by atoms with E-state index in [0.717, 1.165) is 24.8 Å². The second-order valence-corrected chi connectivity index (χ2v) is 9.60. The molecule has 1 aliphatic carbocycles. The van der Waals surface area contributed by atoms with Gasteiger partial charge in [-0.3, -0.25) is 14.3 Å². The molecule has 0 unspecified atom stereocenters. The number of amides is 2. The van der Waals surface area contributed by atoms with Crippen LogP contribution in [0.4, 0.5) is 10.2 Å². The maximum Gasteiger partial charge on any atom is 0.255 e. The van der Waals surface area contributed by atoms with Crippen LogP contribution in [0, 0.1) is 17.7 Å². The van der Waals surface area contributed by atoms with Crippen LogP contribution in [0.2, 0.25) is 0 Å². The van der Waals surface area contributed by atoms with Crippen LogP contribution in [0.3, 0.4) is 0 Å². The molecular weight excluding hydrogens is 489 g/mol. The molecule has 3 aromatic rings. The first-order valence-corrected chi connectivity index (χ1v) is 12.6. The summed E-state index contributed by atoms with van der Waals surface area (Å²) in [5.41, 5.74) is 6.98. The number of likely N-dealkylation sites (tertiary alicyclic amines) is 1. The van der Waals surface area contributed by atoms with E-state index >= 15 is 0 Å². The van der Waals surface area contributed by atoms with E-state index in [0.29, 0.717) is 36.8 Å². The SMILES string of the molecule is C=CC(=O)N1C[C@@H](n2nc(C#Cc3c(F)ccc4c3cnn4C3CCC3)c(C(N)=O)c2NC)C[C@@H]1COC. The highest BCUT2D eigenvalue weighted by Crippen LogP contribution is 2.35. The van der Waals surface area contributed by atoms with E-state index in [9.17, 15) is 14.0 Å². The molecule has 2 amide bonds. The first-order chi connectivity index (χ1) is 18.4. The number of hydrogen-bond acceptors (Lipinski definition) is 6. The lowest BCUT2D eigenvalue weighted by atomic mass is 9.93. The molecule has 1 aliphatic heterocycles. The van der Waals surface area contributed by atoms with E-state index in [2.05, 4.69) is 33.9 Å². The average molecular weight is 520 g/mol. The Hall–Kier alpha value is -4.17. The first-order valence-electron chi connectivity index (χ1n) is 12.6. The summed E-state index contributed by atoms with van der Waals surface area (Å²) in [6.45, 7) is 4.28. The van der Waals surface area contributed by atoms with E-state index in [-0.39, 0.29) is 34.8 Å². The van der Waals surface area contributed by atoms with Crippen molar-refractivity contribution < 1.29 is 18.7 Å². The molecule has 10 nitrogen and oxygen atoms in total. The minimum Gasteiger partial charge on any atom is -0.383 e. The normalized spacial score (nSPS) is 19.2. The lowest BCUT2D eigenvalue weighted by Gasteiger charge is -2.26. The minimum absolute atomic E-state index is 0.106. The molecule has 2 aromatic heterocycles. The van der Waals surface area contributed by atoms with Crippen molar-refractivity contribution in [2.45, 2.75) is 43.8 Å². The smallest absolute Gasteiger partial charge is 0.255 e. The van der Waals surface area contributed by atoms with Crippen molar-refractivity contribution in [1.82, 2.24) is 24.5 Å². The summed E-state index contributed by atoms with van der Waals surface area (Å²) in [5, 5.41) is 12.7. The van der Waals surface area contributed by atoms with Gasteiger partial charge in [0.2, 0.25) is 5.91 Å². The third kappa shape index (κ3) is 4.31. The van der Waals surface area contributed by atoms with E-state index in [1.165, 1.54) is 12.1 Å². The molecule has 0 spiro atoms. The number of nitrogens with one attached hydrogen (secondary N) is 1. The van der Waals surface area contributed by atoms with Gasteiger partial charge in [0.15, 0.2) is 5.69 Å². The largest absolute Gasteiger partial charge is 0.383 e. The van der Waals surface area contributed by atoms with Crippen LogP contribution in [0.15, 0.2) is 31.0 Å². The molecular formula is C27H30FN7O3. The third-order valence-electron chi connectivity index (χ3n) is 7.40. The Balaban J connectivity index is 1.55. The number of carbonyl (C=O) groups excluding carboxylic acids is 2. The predicted molar refractivity (Wildman–Crippen MR) is 140 cm³/mol. The number of benzene rings is 1. The van der Waals surface area contributed by atoms with Gasteiger partial charge in [0.05, 0.1) is 42.0 Å². The molecule has 0 radical (unpaired) electrons. The van der Waals surface area contributed by atoms with Crippen molar-refractivity contribution in [3.05, 3.63) is 53.6 Å². The van der Waals surface area contributed by atoms with Crippen LogP contribution >= 0.6 is 0 Å². The van der Waals surface area contributed by atoms with Crippen LogP contribution in [-0.2, 0) is 9.53 Å². The Morgan fingerprint density at radius 3 is 2.71 bits per heavy atom.